The van der Waals surface area contributed by atoms with Crippen LogP contribution in [0.2, 0.25) is 0 Å². The molecule has 0 aliphatic heterocycles. The van der Waals surface area contributed by atoms with Gasteiger partial charge in [-0.25, -0.2) is 0 Å². The molecule has 0 heterocycles. The van der Waals surface area contributed by atoms with Crippen LogP contribution in [-0.4, -0.2) is 44.7 Å². The number of aliphatic hydroxyl groups is 3. The molecule has 1 aliphatic carbocycles. The monoisotopic (exact) mass is 386 g/mol. The van der Waals surface area contributed by atoms with Crippen LogP contribution in [0.25, 0.3) is 0 Å². The van der Waals surface area contributed by atoms with E-state index in [9.17, 15) is 20.1 Å². The summed E-state index contributed by atoms with van der Waals surface area (Å²) in [5.74, 6) is -1.25. The summed E-state index contributed by atoms with van der Waals surface area (Å²) in [6.45, 7) is 4.09. The Bertz CT molecular complexity index is 400. The lowest BCUT2D eigenvalue weighted by Gasteiger charge is -2.28. The second-order valence-corrected chi connectivity index (χ2v) is 8.46. The lowest BCUT2D eigenvalue weighted by atomic mass is 9.83. The lowest BCUT2D eigenvalue weighted by Crippen LogP contribution is -2.33. The first-order chi connectivity index (χ1) is 12.9. The molecule has 27 heavy (non-hydrogen) atoms. The topological polar surface area (TPSA) is 98.0 Å². The molecule has 0 spiro atoms. The van der Waals surface area contributed by atoms with Gasteiger partial charge in [0.15, 0.2) is 0 Å². The third-order valence-electron chi connectivity index (χ3n) is 6.40. The summed E-state index contributed by atoms with van der Waals surface area (Å²) in [6, 6.07) is 0. The van der Waals surface area contributed by atoms with Crippen LogP contribution in [0.15, 0.2) is 0 Å². The normalized spacial score (nSPS) is 27.6. The fourth-order valence-electron chi connectivity index (χ4n) is 4.65. The van der Waals surface area contributed by atoms with E-state index in [1.54, 1.807) is 0 Å². The van der Waals surface area contributed by atoms with Crippen LogP contribution >= 0.6 is 0 Å². The number of carboxylic acid groups (broad SMARTS) is 1. The van der Waals surface area contributed by atoms with Gasteiger partial charge in [0.25, 0.3) is 0 Å². The molecule has 0 aromatic carbocycles. The Balaban J connectivity index is 2.36. The summed E-state index contributed by atoms with van der Waals surface area (Å²) in [5.41, 5.74) is 0. The predicted octanol–water partition coefficient (Wildman–Crippen LogP) is 4.13. The smallest absolute Gasteiger partial charge is 0.306 e. The second-order valence-electron chi connectivity index (χ2n) is 8.46. The van der Waals surface area contributed by atoms with Crippen LogP contribution in [0.3, 0.4) is 0 Å². The minimum Gasteiger partial charge on any atom is -0.481 e. The van der Waals surface area contributed by atoms with Crippen molar-refractivity contribution in [2.75, 3.05) is 0 Å². The highest BCUT2D eigenvalue weighted by molar-refractivity contribution is 5.69. The van der Waals surface area contributed by atoms with E-state index >= 15 is 0 Å². The van der Waals surface area contributed by atoms with E-state index in [0.717, 1.165) is 38.5 Å². The Morgan fingerprint density at radius 2 is 1.56 bits per heavy atom. The van der Waals surface area contributed by atoms with Crippen LogP contribution in [-0.2, 0) is 4.79 Å². The Kier molecular flexibility index (Phi) is 12.2. The van der Waals surface area contributed by atoms with Gasteiger partial charge < -0.3 is 20.4 Å². The van der Waals surface area contributed by atoms with E-state index in [1.807, 2.05) is 6.92 Å². The molecule has 0 aromatic heterocycles. The minimum absolute atomic E-state index is 0.0490. The first-order valence-electron chi connectivity index (χ1n) is 11.2. The fourth-order valence-corrected chi connectivity index (χ4v) is 4.65. The number of unbranched alkanes of at least 4 members (excludes halogenated alkanes) is 6. The second kappa shape index (κ2) is 13.5. The molecule has 5 nitrogen and oxygen atoms in total. The van der Waals surface area contributed by atoms with Crippen molar-refractivity contribution in [2.45, 2.75) is 116 Å². The van der Waals surface area contributed by atoms with E-state index < -0.39 is 24.3 Å². The van der Waals surface area contributed by atoms with Crippen molar-refractivity contribution >= 4 is 5.97 Å². The van der Waals surface area contributed by atoms with Gasteiger partial charge in [0, 0.05) is 5.92 Å². The maximum atomic E-state index is 11.1. The summed E-state index contributed by atoms with van der Waals surface area (Å²) in [7, 11) is 0. The molecule has 1 rings (SSSR count). The van der Waals surface area contributed by atoms with Crippen LogP contribution in [0.5, 0.6) is 0 Å². The van der Waals surface area contributed by atoms with Crippen LogP contribution in [0.4, 0.5) is 0 Å². The highest BCUT2D eigenvalue weighted by Gasteiger charge is 2.44. The zero-order chi connectivity index (χ0) is 20.2. The zero-order valence-corrected chi connectivity index (χ0v) is 17.4. The Morgan fingerprint density at radius 1 is 0.926 bits per heavy atom. The van der Waals surface area contributed by atoms with Crippen LogP contribution in [0, 0.1) is 17.8 Å². The molecule has 0 saturated heterocycles. The minimum atomic E-state index is -0.714. The molecule has 1 saturated carbocycles. The Morgan fingerprint density at radius 3 is 2.19 bits per heavy atom. The third-order valence-corrected chi connectivity index (χ3v) is 6.40. The molecular formula is C22H42O5. The van der Waals surface area contributed by atoms with Gasteiger partial charge in [0.05, 0.1) is 24.2 Å². The summed E-state index contributed by atoms with van der Waals surface area (Å²) < 4.78 is 0. The van der Waals surface area contributed by atoms with Gasteiger partial charge in [-0.15, -0.1) is 0 Å². The van der Waals surface area contributed by atoms with Crippen molar-refractivity contribution in [2.24, 2.45) is 17.8 Å². The third kappa shape index (κ3) is 8.49. The van der Waals surface area contributed by atoms with E-state index in [2.05, 4.69) is 6.92 Å². The number of hydrogen-bond donors (Lipinski definition) is 4. The Labute approximate surface area is 165 Å². The van der Waals surface area contributed by atoms with Crippen LogP contribution < -0.4 is 0 Å². The van der Waals surface area contributed by atoms with Crippen molar-refractivity contribution in [3.63, 3.8) is 0 Å². The number of aliphatic hydroxyl groups excluding tert-OH is 3. The summed E-state index contributed by atoms with van der Waals surface area (Å²) in [6.07, 6.45) is 9.93. The fraction of sp³-hybridized carbons (Fsp3) is 0.955. The quantitative estimate of drug-likeness (QED) is 0.317. The Hall–Kier alpha value is -0.650. The van der Waals surface area contributed by atoms with Crippen molar-refractivity contribution < 1.29 is 25.2 Å². The predicted molar refractivity (Wildman–Crippen MR) is 107 cm³/mol. The molecule has 5 heteroatoms. The van der Waals surface area contributed by atoms with Gasteiger partial charge in [-0.2, -0.15) is 0 Å². The largest absolute Gasteiger partial charge is 0.481 e. The van der Waals surface area contributed by atoms with E-state index in [0.29, 0.717) is 25.7 Å². The van der Waals surface area contributed by atoms with Gasteiger partial charge in [-0.1, -0.05) is 65.2 Å². The lowest BCUT2D eigenvalue weighted by molar-refractivity contribution is -0.142. The first-order valence-corrected chi connectivity index (χ1v) is 11.2. The van der Waals surface area contributed by atoms with Gasteiger partial charge in [0.1, 0.15) is 0 Å². The summed E-state index contributed by atoms with van der Waals surface area (Å²) in [4.78, 5) is 11.1. The highest BCUT2D eigenvalue weighted by Crippen LogP contribution is 2.39. The molecule has 0 aromatic rings. The molecule has 4 N–H and O–H groups in total. The van der Waals surface area contributed by atoms with E-state index in [4.69, 9.17) is 5.11 Å². The van der Waals surface area contributed by atoms with Crippen molar-refractivity contribution in [3.8, 4) is 0 Å². The SMILES string of the molecule is CCCCCCCC(O)[C@@H]1C(O)CC(O)[C@@H]1CCCCCC(CC)C(=O)O. The molecule has 0 bridgehead atoms. The number of aliphatic carboxylic acids is 1. The number of rotatable bonds is 15. The summed E-state index contributed by atoms with van der Waals surface area (Å²) >= 11 is 0. The molecule has 4 unspecified atom stereocenters. The molecule has 1 fully saturated rings. The molecule has 6 atom stereocenters. The standard InChI is InChI=1S/C22H42O5/c1-3-5-6-7-11-14-18(23)21-17(19(24)15-20(21)25)13-10-8-9-12-16(4-2)22(26)27/h16-21,23-25H,3-15H2,1-2H3,(H,26,27)/t16?,17-,18?,19?,20?,21+/m0/s1. The van der Waals surface area contributed by atoms with Gasteiger partial charge in [-0.05, 0) is 38.0 Å². The first kappa shape index (κ1) is 24.4. The van der Waals surface area contributed by atoms with E-state index in [1.165, 1.54) is 19.3 Å². The average molecular weight is 387 g/mol. The highest BCUT2D eigenvalue weighted by atomic mass is 16.4. The molecule has 0 radical (unpaired) electrons. The maximum absolute atomic E-state index is 11.1. The van der Waals surface area contributed by atoms with Gasteiger partial charge in [0.2, 0.25) is 0 Å². The van der Waals surface area contributed by atoms with Crippen molar-refractivity contribution in [3.05, 3.63) is 0 Å². The van der Waals surface area contributed by atoms with Gasteiger partial charge >= 0.3 is 5.97 Å². The molecule has 0 amide bonds. The average Bonchev–Trinajstić information content (AvgIpc) is 2.90. The zero-order valence-electron chi connectivity index (χ0n) is 17.4. The molecular weight excluding hydrogens is 344 g/mol. The number of hydrogen-bond acceptors (Lipinski definition) is 4. The number of carbonyl (C=O) groups is 1. The van der Waals surface area contributed by atoms with E-state index in [-0.39, 0.29) is 17.8 Å². The van der Waals surface area contributed by atoms with Gasteiger partial charge in [-0.3, -0.25) is 4.79 Å². The summed E-state index contributed by atoms with van der Waals surface area (Å²) in [5, 5.41) is 40.3. The number of carboxylic acids is 1. The maximum Gasteiger partial charge on any atom is 0.306 e. The molecule has 1 aliphatic rings. The van der Waals surface area contributed by atoms with Crippen LogP contribution in [0.1, 0.15) is 97.3 Å². The van der Waals surface area contributed by atoms with Crippen molar-refractivity contribution in [1.29, 1.82) is 0 Å². The van der Waals surface area contributed by atoms with Crippen molar-refractivity contribution in [1.82, 2.24) is 0 Å². The molecule has 160 valence electrons.